The highest BCUT2D eigenvalue weighted by molar-refractivity contribution is 5.31. The molecule has 14 heavy (non-hydrogen) atoms. The number of nitrogens with one attached hydrogen (secondary N) is 1. The predicted octanol–water partition coefficient (Wildman–Crippen LogP) is 1.95. The molecule has 1 rings (SSSR count). The SMILES string of the molecule is Cc1ccc(C(C)NCCO)cc1C. The summed E-state index contributed by atoms with van der Waals surface area (Å²) in [6.07, 6.45) is 0. The van der Waals surface area contributed by atoms with E-state index in [1.165, 1.54) is 16.7 Å². The lowest BCUT2D eigenvalue weighted by Gasteiger charge is -2.14. The molecule has 1 unspecified atom stereocenters. The molecule has 0 saturated heterocycles. The van der Waals surface area contributed by atoms with Crippen molar-refractivity contribution in [1.82, 2.24) is 5.32 Å². The Morgan fingerprint density at radius 3 is 2.57 bits per heavy atom. The van der Waals surface area contributed by atoms with Gasteiger partial charge in [-0.1, -0.05) is 18.2 Å². The summed E-state index contributed by atoms with van der Waals surface area (Å²) in [4.78, 5) is 0. The molecule has 2 N–H and O–H groups in total. The molecule has 0 aliphatic heterocycles. The first-order chi connectivity index (χ1) is 6.65. The van der Waals surface area contributed by atoms with Crippen LogP contribution >= 0.6 is 0 Å². The Bertz CT molecular complexity index is 296. The molecule has 1 aromatic rings. The Labute approximate surface area is 86.0 Å². The molecular formula is C12H19NO. The normalized spacial score (nSPS) is 12.9. The summed E-state index contributed by atoms with van der Waals surface area (Å²) in [5.74, 6) is 0. The summed E-state index contributed by atoms with van der Waals surface area (Å²) in [5, 5.41) is 11.9. The Balaban J connectivity index is 2.70. The van der Waals surface area contributed by atoms with Crippen molar-refractivity contribution in [2.75, 3.05) is 13.2 Å². The zero-order valence-electron chi connectivity index (χ0n) is 9.17. The molecule has 0 aromatic heterocycles. The number of hydrogen-bond donors (Lipinski definition) is 2. The fraction of sp³-hybridized carbons (Fsp3) is 0.500. The van der Waals surface area contributed by atoms with Crippen LogP contribution in [-0.2, 0) is 0 Å². The maximum atomic E-state index is 8.70. The van der Waals surface area contributed by atoms with Gasteiger partial charge in [0.2, 0.25) is 0 Å². The van der Waals surface area contributed by atoms with Gasteiger partial charge in [0.05, 0.1) is 6.61 Å². The number of aliphatic hydroxyl groups is 1. The standard InChI is InChI=1S/C12H19NO/c1-9-4-5-12(8-10(9)2)11(3)13-6-7-14/h4-5,8,11,13-14H,6-7H2,1-3H3. The van der Waals surface area contributed by atoms with Crippen molar-refractivity contribution in [3.05, 3.63) is 34.9 Å². The van der Waals surface area contributed by atoms with Crippen molar-refractivity contribution in [2.24, 2.45) is 0 Å². The average Bonchev–Trinajstić information content (AvgIpc) is 2.18. The Kier molecular flexibility index (Phi) is 4.11. The van der Waals surface area contributed by atoms with Crippen LogP contribution in [0.5, 0.6) is 0 Å². The highest BCUT2D eigenvalue weighted by Crippen LogP contribution is 2.16. The van der Waals surface area contributed by atoms with Gasteiger partial charge in [-0.15, -0.1) is 0 Å². The van der Waals surface area contributed by atoms with E-state index in [0.717, 1.165) is 0 Å². The molecule has 0 heterocycles. The van der Waals surface area contributed by atoms with Crippen molar-refractivity contribution in [2.45, 2.75) is 26.8 Å². The van der Waals surface area contributed by atoms with Crippen molar-refractivity contribution in [1.29, 1.82) is 0 Å². The number of aliphatic hydroxyl groups excluding tert-OH is 1. The molecule has 0 radical (unpaired) electrons. The number of benzene rings is 1. The fourth-order valence-electron chi connectivity index (χ4n) is 1.43. The van der Waals surface area contributed by atoms with E-state index in [-0.39, 0.29) is 6.61 Å². The summed E-state index contributed by atoms with van der Waals surface area (Å²) in [5.41, 5.74) is 3.92. The van der Waals surface area contributed by atoms with E-state index in [4.69, 9.17) is 5.11 Å². The molecule has 2 heteroatoms. The molecule has 0 aliphatic rings. The van der Waals surface area contributed by atoms with Crippen LogP contribution in [0.1, 0.15) is 29.7 Å². The van der Waals surface area contributed by atoms with Gasteiger partial charge in [-0.3, -0.25) is 0 Å². The Morgan fingerprint density at radius 2 is 2.00 bits per heavy atom. The monoisotopic (exact) mass is 193 g/mol. The van der Waals surface area contributed by atoms with E-state index in [1.54, 1.807) is 0 Å². The van der Waals surface area contributed by atoms with E-state index >= 15 is 0 Å². The van der Waals surface area contributed by atoms with Crippen molar-refractivity contribution < 1.29 is 5.11 Å². The minimum atomic E-state index is 0.190. The maximum absolute atomic E-state index is 8.70. The average molecular weight is 193 g/mol. The first kappa shape index (κ1) is 11.2. The molecule has 0 aliphatic carbocycles. The molecule has 0 saturated carbocycles. The molecule has 0 amide bonds. The molecule has 0 fully saturated rings. The van der Waals surface area contributed by atoms with Crippen LogP contribution in [0, 0.1) is 13.8 Å². The smallest absolute Gasteiger partial charge is 0.0556 e. The summed E-state index contributed by atoms with van der Waals surface area (Å²) >= 11 is 0. The van der Waals surface area contributed by atoms with Crippen LogP contribution in [0.3, 0.4) is 0 Å². The summed E-state index contributed by atoms with van der Waals surface area (Å²) in [7, 11) is 0. The van der Waals surface area contributed by atoms with Gasteiger partial charge in [-0.25, -0.2) is 0 Å². The molecule has 1 aromatic carbocycles. The van der Waals surface area contributed by atoms with E-state index in [2.05, 4.69) is 44.3 Å². The molecule has 1 atom stereocenters. The molecule has 78 valence electrons. The Hall–Kier alpha value is -0.860. The van der Waals surface area contributed by atoms with E-state index in [9.17, 15) is 0 Å². The minimum absolute atomic E-state index is 0.190. The van der Waals surface area contributed by atoms with Crippen LogP contribution in [0.2, 0.25) is 0 Å². The minimum Gasteiger partial charge on any atom is -0.395 e. The van der Waals surface area contributed by atoms with Gasteiger partial charge in [0.25, 0.3) is 0 Å². The highest BCUT2D eigenvalue weighted by atomic mass is 16.3. The van der Waals surface area contributed by atoms with Gasteiger partial charge < -0.3 is 10.4 Å². The first-order valence-electron chi connectivity index (χ1n) is 5.06. The first-order valence-corrected chi connectivity index (χ1v) is 5.06. The van der Waals surface area contributed by atoms with Crippen LogP contribution in [0.25, 0.3) is 0 Å². The van der Waals surface area contributed by atoms with E-state index < -0.39 is 0 Å². The van der Waals surface area contributed by atoms with Crippen molar-refractivity contribution >= 4 is 0 Å². The van der Waals surface area contributed by atoms with Gasteiger partial charge in [0.15, 0.2) is 0 Å². The third kappa shape index (κ3) is 2.82. The number of aryl methyl sites for hydroxylation is 2. The van der Waals surface area contributed by atoms with Gasteiger partial charge in [-0.05, 0) is 37.5 Å². The van der Waals surface area contributed by atoms with Gasteiger partial charge in [-0.2, -0.15) is 0 Å². The van der Waals surface area contributed by atoms with Gasteiger partial charge in [0, 0.05) is 12.6 Å². The summed E-state index contributed by atoms with van der Waals surface area (Å²) in [6, 6.07) is 6.78. The zero-order valence-corrected chi connectivity index (χ0v) is 9.17. The van der Waals surface area contributed by atoms with Gasteiger partial charge >= 0.3 is 0 Å². The lowest BCUT2D eigenvalue weighted by Crippen LogP contribution is -2.22. The second-order valence-electron chi connectivity index (χ2n) is 3.74. The highest BCUT2D eigenvalue weighted by Gasteiger charge is 2.04. The third-order valence-corrected chi connectivity index (χ3v) is 2.59. The van der Waals surface area contributed by atoms with E-state index in [1.807, 2.05) is 0 Å². The number of rotatable bonds is 4. The molecule has 0 bridgehead atoms. The summed E-state index contributed by atoms with van der Waals surface area (Å²) < 4.78 is 0. The maximum Gasteiger partial charge on any atom is 0.0556 e. The topological polar surface area (TPSA) is 32.3 Å². The van der Waals surface area contributed by atoms with Crippen molar-refractivity contribution in [3.8, 4) is 0 Å². The van der Waals surface area contributed by atoms with Crippen LogP contribution < -0.4 is 5.32 Å². The third-order valence-electron chi connectivity index (χ3n) is 2.59. The second kappa shape index (κ2) is 5.13. The molecule has 2 nitrogen and oxygen atoms in total. The van der Waals surface area contributed by atoms with Crippen LogP contribution in [0.4, 0.5) is 0 Å². The van der Waals surface area contributed by atoms with Gasteiger partial charge in [0.1, 0.15) is 0 Å². The predicted molar refractivity (Wildman–Crippen MR) is 59.4 cm³/mol. The van der Waals surface area contributed by atoms with E-state index in [0.29, 0.717) is 12.6 Å². The summed E-state index contributed by atoms with van der Waals surface area (Å²) in [6.45, 7) is 7.19. The Morgan fingerprint density at radius 1 is 1.29 bits per heavy atom. The van der Waals surface area contributed by atoms with Crippen LogP contribution in [0.15, 0.2) is 18.2 Å². The number of hydrogen-bond acceptors (Lipinski definition) is 2. The fourth-order valence-corrected chi connectivity index (χ4v) is 1.43. The second-order valence-corrected chi connectivity index (χ2v) is 3.74. The van der Waals surface area contributed by atoms with Crippen LogP contribution in [-0.4, -0.2) is 18.3 Å². The quantitative estimate of drug-likeness (QED) is 0.766. The zero-order chi connectivity index (χ0) is 10.6. The molecule has 0 spiro atoms. The molecular weight excluding hydrogens is 174 g/mol. The lowest BCUT2D eigenvalue weighted by molar-refractivity contribution is 0.286. The largest absolute Gasteiger partial charge is 0.395 e. The lowest BCUT2D eigenvalue weighted by atomic mass is 10.0. The van der Waals surface area contributed by atoms with Crippen molar-refractivity contribution in [3.63, 3.8) is 0 Å².